The van der Waals surface area contributed by atoms with Crippen molar-refractivity contribution in [2.45, 2.75) is 20.4 Å². The summed E-state index contributed by atoms with van der Waals surface area (Å²) >= 11 is 0. The number of benzene rings is 2. The van der Waals surface area contributed by atoms with Gasteiger partial charge in [0.25, 0.3) is 0 Å². The minimum atomic E-state index is -0.110. The number of rotatable bonds is 4. The molecule has 5 heteroatoms. The van der Waals surface area contributed by atoms with Crippen LogP contribution in [0.2, 0.25) is 0 Å². The number of ketones is 1. The lowest BCUT2D eigenvalue weighted by atomic mass is 10.1. The Balaban J connectivity index is 1.51. The molecule has 0 atom stereocenters. The first-order valence-corrected chi connectivity index (χ1v) is 8.96. The summed E-state index contributed by atoms with van der Waals surface area (Å²) < 4.78 is 0. The number of amides is 2. The summed E-state index contributed by atoms with van der Waals surface area (Å²) in [4.78, 5) is 28.1. The molecule has 5 nitrogen and oxygen atoms in total. The Kier molecular flexibility index (Phi) is 5.68. The first-order chi connectivity index (χ1) is 12.5. The average Bonchev–Trinajstić information content (AvgIpc) is 2.64. The van der Waals surface area contributed by atoms with Gasteiger partial charge in [0, 0.05) is 44.0 Å². The molecule has 1 aliphatic rings. The summed E-state index contributed by atoms with van der Waals surface area (Å²) in [5.74, 6) is -0.00850. The second kappa shape index (κ2) is 8.15. The van der Waals surface area contributed by atoms with Gasteiger partial charge in [-0.25, -0.2) is 4.79 Å². The number of hydrogen-bond acceptors (Lipinski definition) is 3. The summed E-state index contributed by atoms with van der Waals surface area (Å²) in [5.41, 5.74) is 3.83. The van der Waals surface area contributed by atoms with Crippen LogP contribution in [-0.2, 0) is 6.54 Å². The molecule has 2 amide bonds. The van der Waals surface area contributed by atoms with Crippen molar-refractivity contribution in [3.05, 3.63) is 65.2 Å². The highest BCUT2D eigenvalue weighted by Crippen LogP contribution is 2.14. The Bertz CT molecular complexity index is 778. The van der Waals surface area contributed by atoms with Gasteiger partial charge >= 0.3 is 6.03 Å². The number of anilines is 1. The zero-order valence-corrected chi connectivity index (χ0v) is 15.4. The Morgan fingerprint density at radius 1 is 1.00 bits per heavy atom. The molecule has 2 aromatic rings. The van der Waals surface area contributed by atoms with Gasteiger partial charge in [-0.05, 0) is 31.5 Å². The number of Topliss-reactive ketones (excluding diaryl/α,β-unsaturated/α-hetero) is 1. The summed E-state index contributed by atoms with van der Waals surface area (Å²) in [6.45, 7) is 7.63. The number of nitrogens with zero attached hydrogens (tertiary/aromatic N) is 2. The smallest absolute Gasteiger partial charge is 0.321 e. The predicted molar refractivity (Wildman–Crippen MR) is 103 cm³/mol. The lowest BCUT2D eigenvalue weighted by molar-refractivity contribution is 0.101. The Morgan fingerprint density at radius 3 is 2.35 bits per heavy atom. The fourth-order valence-corrected chi connectivity index (χ4v) is 3.08. The van der Waals surface area contributed by atoms with Gasteiger partial charge in [-0.15, -0.1) is 0 Å². The van der Waals surface area contributed by atoms with Crippen molar-refractivity contribution in [2.75, 3.05) is 31.5 Å². The number of aryl methyl sites for hydroxylation is 1. The molecule has 3 rings (SSSR count). The Labute approximate surface area is 154 Å². The quantitative estimate of drug-likeness (QED) is 0.857. The van der Waals surface area contributed by atoms with Gasteiger partial charge in [-0.2, -0.15) is 0 Å². The van der Waals surface area contributed by atoms with Gasteiger partial charge in [0.05, 0.1) is 0 Å². The van der Waals surface area contributed by atoms with E-state index >= 15 is 0 Å². The van der Waals surface area contributed by atoms with Crippen LogP contribution in [0.15, 0.2) is 48.5 Å². The second-order valence-electron chi connectivity index (χ2n) is 6.82. The third-order valence-electron chi connectivity index (χ3n) is 4.71. The molecule has 0 unspecified atom stereocenters. The molecule has 136 valence electrons. The molecule has 0 saturated carbocycles. The maximum Gasteiger partial charge on any atom is 0.321 e. The van der Waals surface area contributed by atoms with Crippen molar-refractivity contribution >= 4 is 17.5 Å². The SMILES string of the molecule is CC(=O)c1cccc(NC(=O)N2CCN(Cc3ccc(C)cc3)CC2)c1. The van der Waals surface area contributed by atoms with Crippen molar-refractivity contribution in [1.29, 1.82) is 0 Å². The number of hydrogen-bond donors (Lipinski definition) is 1. The van der Waals surface area contributed by atoms with Crippen molar-refractivity contribution in [3.8, 4) is 0 Å². The van der Waals surface area contributed by atoms with Crippen molar-refractivity contribution in [3.63, 3.8) is 0 Å². The Morgan fingerprint density at radius 2 is 1.69 bits per heavy atom. The maximum absolute atomic E-state index is 12.5. The van der Waals surface area contributed by atoms with E-state index < -0.39 is 0 Å². The van der Waals surface area contributed by atoms with Crippen LogP contribution in [-0.4, -0.2) is 47.8 Å². The van der Waals surface area contributed by atoms with Crippen LogP contribution >= 0.6 is 0 Å². The van der Waals surface area contributed by atoms with Gasteiger partial charge in [0.15, 0.2) is 5.78 Å². The van der Waals surface area contributed by atoms with Crippen molar-refractivity contribution in [1.82, 2.24) is 9.80 Å². The highest BCUT2D eigenvalue weighted by molar-refractivity contribution is 5.96. The monoisotopic (exact) mass is 351 g/mol. The normalized spacial score (nSPS) is 14.9. The van der Waals surface area contributed by atoms with E-state index in [4.69, 9.17) is 0 Å². The van der Waals surface area contributed by atoms with E-state index in [-0.39, 0.29) is 11.8 Å². The van der Waals surface area contributed by atoms with Crippen LogP contribution in [0.5, 0.6) is 0 Å². The van der Waals surface area contributed by atoms with Crippen LogP contribution in [0, 0.1) is 6.92 Å². The summed E-state index contributed by atoms with van der Waals surface area (Å²) in [7, 11) is 0. The zero-order valence-electron chi connectivity index (χ0n) is 15.4. The Hall–Kier alpha value is -2.66. The van der Waals surface area contributed by atoms with Crippen molar-refractivity contribution in [2.24, 2.45) is 0 Å². The van der Waals surface area contributed by atoms with E-state index in [2.05, 4.69) is 41.4 Å². The van der Waals surface area contributed by atoms with Gasteiger partial charge < -0.3 is 10.2 Å². The van der Waals surface area contributed by atoms with E-state index in [0.29, 0.717) is 24.3 Å². The van der Waals surface area contributed by atoms with Gasteiger partial charge in [-0.1, -0.05) is 42.0 Å². The molecule has 0 spiro atoms. The summed E-state index contributed by atoms with van der Waals surface area (Å²) in [6, 6.07) is 15.5. The molecule has 1 N–H and O–H groups in total. The molecule has 0 aliphatic carbocycles. The highest BCUT2D eigenvalue weighted by Gasteiger charge is 2.21. The standard InChI is InChI=1S/C21H25N3O2/c1-16-6-8-18(9-7-16)15-23-10-12-24(13-11-23)21(26)22-20-5-3-4-19(14-20)17(2)25/h3-9,14H,10-13,15H2,1-2H3,(H,22,26). The molecule has 1 saturated heterocycles. The van der Waals surface area contributed by atoms with Crippen molar-refractivity contribution < 1.29 is 9.59 Å². The lowest BCUT2D eigenvalue weighted by Crippen LogP contribution is -2.49. The molecule has 0 aromatic heterocycles. The average molecular weight is 351 g/mol. The van der Waals surface area contributed by atoms with Gasteiger partial charge in [0.2, 0.25) is 0 Å². The molecule has 1 aliphatic heterocycles. The molecular weight excluding hydrogens is 326 g/mol. The third kappa shape index (κ3) is 4.70. The molecule has 0 bridgehead atoms. The highest BCUT2D eigenvalue weighted by atomic mass is 16.2. The molecule has 1 heterocycles. The van der Waals surface area contributed by atoms with Crippen LogP contribution in [0.25, 0.3) is 0 Å². The number of carbonyl (C=O) groups is 2. The molecule has 2 aromatic carbocycles. The largest absolute Gasteiger partial charge is 0.322 e. The lowest BCUT2D eigenvalue weighted by Gasteiger charge is -2.34. The number of carbonyl (C=O) groups excluding carboxylic acids is 2. The number of nitrogens with one attached hydrogen (secondary N) is 1. The van der Waals surface area contributed by atoms with Crippen LogP contribution in [0.1, 0.15) is 28.4 Å². The predicted octanol–water partition coefficient (Wildman–Crippen LogP) is 3.55. The first-order valence-electron chi connectivity index (χ1n) is 8.96. The zero-order chi connectivity index (χ0) is 18.5. The minimum Gasteiger partial charge on any atom is -0.322 e. The topological polar surface area (TPSA) is 52.7 Å². The van der Waals surface area contributed by atoms with E-state index in [1.54, 1.807) is 24.3 Å². The summed E-state index contributed by atoms with van der Waals surface area (Å²) in [5, 5.41) is 2.89. The minimum absolute atomic E-state index is 0.00850. The van der Waals surface area contributed by atoms with Crippen LogP contribution in [0.4, 0.5) is 10.5 Å². The van der Waals surface area contributed by atoms with E-state index in [1.165, 1.54) is 18.1 Å². The molecule has 0 radical (unpaired) electrons. The fraction of sp³-hybridized carbons (Fsp3) is 0.333. The van der Waals surface area contributed by atoms with Crippen LogP contribution in [0.3, 0.4) is 0 Å². The maximum atomic E-state index is 12.5. The number of piperazine rings is 1. The van der Waals surface area contributed by atoms with Crippen LogP contribution < -0.4 is 5.32 Å². The second-order valence-corrected chi connectivity index (χ2v) is 6.82. The van der Waals surface area contributed by atoms with E-state index in [0.717, 1.165) is 19.6 Å². The molecule has 1 fully saturated rings. The molecular formula is C21H25N3O2. The molecule has 26 heavy (non-hydrogen) atoms. The first kappa shape index (κ1) is 18.1. The number of urea groups is 1. The van der Waals surface area contributed by atoms with Gasteiger partial charge in [0.1, 0.15) is 0 Å². The van der Waals surface area contributed by atoms with E-state index in [1.807, 2.05) is 4.90 Å². The van der Waals surface area contributed by atoms with E-state index in [9.17, 15) is 9.59 Å². The van der Waals surface area contributed by atoms with Gasteiger partial charge in [-0.3, -0.25) is 9.69 Å². The summed E-state index contributed by atoms with van der Waals surface area (Å²) in [6.07, 6.45) is 0. The third-order valence-corrected chi connectivity index (χ3v) is 4.71. The fourth-order valence-electron chi connectivity index (χ4n) is 3.08.